The molecule has 4 N–H and O–H groups in total. The second-order valence-electron chi connectivity index (χ2n) is 9.70. The number of benzene rings is 1. The summed E-state index contributed by atoms with van der Waals surface area (Å²) in [7, 11) is 1.42. The van der Waals surface area contributed by atoms with Crippen LogP contribution < -0.4 is 16.2 Å². The van der Waals surface area contributed by atoms with Gasteiger partial charge in [-0.15, -0.1) is 0 Å². The third-order valence-corrected chi connectivity index (χ3v) is 7.22. The topological polar surface area (TPSA) is 154 Å². The van der Waals surface area contributed by atoms with Crippen LogP contribution in [0.25, 0.3) is 0 Å². The van der Waals surface area contributed by atoms with Gasteiger partial charge in [0.25, 0.3) is 11.5 Å². The van der Waals surface area contributed by atoms with Crippen molar-refractivity contribution in [3.8, 4) is 5.75 Å². The number of nitrogens with zero attached hydrogens (tertiary/aromatic N) is 3. The average molecular weight is 516 g/mol. The Balaban J connectivity index is 1.55. The van der Waals surface area contributed by atoms with Gasteiger partial charge in [-0.2, -0.15) is 0 Å². The number of aromatic nitrogens is 2. The number of hydrogen-bond donors (Lipinski definition) is 4. The smallest absolute Gasteiger partial charge is 0.394 e. The first-order chi connectivity index (χ1) is 17.6. The maximum absolute atomic E-state index is 13.2. The number of fused-ring (bicyclic) bond motifs is 2. The molecule has 3 aliphatic rings. The number of hydrogen-bond acceptors (Lipinski definition) is 7. The summed E-state index contributed by atoms with van der Waals surface area (Å²) in [4.78, 5) is 54.2. The zero-order valence-electron chi connectivity index (χ0n) is 20.5. The van der Waals surface area contributed by atoms with Crippen molar-refractivity contribution in [3.63, 3.8) is 0 Å². The maximum atomic E-state index is 13.2. The molecular weight excluding hydrogens is 485 g/mol. The molecule has 2 aromatic rings. The summed E-state index contributed by atoms with van der Waals surface area (Å²) < 4.78 is 14.6. The fourth-order valence-corrected chi connectivity index (χ4v) is 5.11. The lowest BCUT2D eigenvalue weighted by Crippen LogP contribution is -2.48. The molecule has 37 heavy (non-hydrogen) atoms. The number of rotatable bonds is 8. The molecule has 198 valence electrons. The van der Waals surface area contributed by atoms with Crippen molar-refractivity contribution in [3.05, 3.63) is 57.5 Å². The van der Waals surface area contributed by atoms with E-state index in [2.05, 4.69) is 15.6 Å². The summed E-state index contributed by atoms with van der Waals surface area (Å²) in [5.74, 6) is -3.71. The average Bonchev–Trinajstić information content (AvgIpc) is 3.14. The van der Waals surface area contributed by atoms with Crippen LogP contribution in [0.3, 0.4) is 0 Å². The number of nitrogens with one attached hydrogen (secondary N) is 2. The summed E-state index contributed by atoms with van der Waals surface area (Å²) in [5, 5.41) is 25.5. The van der Waals surface area contributed by atoms with Gasteiger partial charge >= 0.3 is 11.9 Å². The minimum Gasteiger partial charge on any atom is -0.501 e. The van der Waals surface area contributed by atoms with E-state index in [1.165, 1.54) is 35.9 Å². The summed E-state index contributed by atoms with van der Waals surface area (Å²) in [6.07, 6.45) is 3.49. The molecule has 2 aliphatic heterocycles. The molecule has 1 saturated carbocycles. The monoisotopic (exact) mass is 515 g/mol. The largest absolute Gasteiger partial charge is 0.501 e. The van der Waals surface area contributed by atoms with Crippen LogP contribution in [0.4, 0.5) is 4.39 Å². The van der Waals surface area contributed by atoms with Crippen LogP contribution in [0, 0.1) is 11.7 Å². The number of likely N-dealkylation sites (N-methyl/N-ethyl adjacent to an activating group) is 1. The standard InChI is InChI=1S/C25H30FN5O6/c1-30(22(35)23(36)37)12-2-11-28-25-9-7-16(8-10-25)14-31-21(34)19(32)18(29-24(25)31)20(33)27-13-15-3-5-17(26)6-4-15/h3-6,16,28,32H,2,7-14H2,1H3,(H,27,33)(H,36,37). The molecule has 0 atom stereocenters. The molecule has 0 saturated heterocycles. The van der Waals surface area contributed by atoms with Gasteiger partial charge in [-0.25, -0.2) is 14.2 Å². The highest BCUT2D eigenvalue weighted by molar-refractivity contribution is 6.31. The highest BCUT2D eigenvalue weighted by Gasteiger charge is 2.44. The van der Waals surface area contributed by atoms with Gasteiger partial charge in [-0.1, -0.05) is 12.1 Å². The van der Waals surface area contributed by atoms with Crippen molar-refractivity contribution >= 4 is 17.8 Å². The molecule has 1 fully saturated rings. The third-order valence-electron chi connectivity index (χ3n) is 7.22. The molecule has 12 heteroatoms. The maximum Gasteiger partial charge on any atom is 0.394 e. The highest BCUT2D eigenvalue weighted by atomic mass is 19.1. The molecule has 1 aromatic heterocycles. The molecule has 2 amide bonds. The van der Waals surface area contributed by atoms with Crippen LogP contribution in [-0.2, 0) is 28.2 Å². The lowest BCUT2D eigenvalue weighted by molar-refractivity contribution is -0.155. The van der Waals surface area contributed by atoms with Gasteiger partial charge in [-0.3, -0.25) is 19.0 Å². The predicted molar refractivity (Wildman–Crippen MR) is 129 cm³/mol. The Kier molecular flexibility index (Phi) is 7.58. The Hall–Kier alpha value is -3.80. The van der Waals surface area contributed by atoms with Crippen molar-refractivity contribution < 1.29 is 29.0 Å². The van der Waals surface area contributed by atoms with Crippen LogP contribution in [0.1, 0.15) is 54.0 Å². The van der Waals surface area contributed by atoms with Gasteiger partial charge in [0.1, 0.15) is 11.6 Å². The van der Waals surface area contributed by atoms with E-state index in [1.54, 1.807) is 0 Å². The molecule has 0 radical (unpaired) electrons. The van der Waals surface area contributed by atoms with E-state index < -0.39 is 40.4 Å². The Labute approximate surface area is 212 Å². The van der Waals surface area contributed by atoms with Crippen LogP contribution in [0.15, 0.2) is 29.1 Å². The minimum atomic E-state index is -1.52. The minimum absolute atomic E-state index is 0.0622. The van der Waals surface area contributed by atoms with Crippen molar-refractivity contribution in [2.75, 3.05) is 20.1 Å². The van der Waals surface area contributed by atoms with E-state index in [1.807, 2.05) is 0 Å². The lowest BCUT2D eigenvalue weighted by atomic mass is 9.77. The molecule has 0 spiro atoms. The molecule has 1 aliphatic carbocycles. The number of carboxylic acid groups (broad SMARTS) is 1. The van der Waals surface area contributed by atoms with Gasteiger partial charge in [0, 0.05) is 26.7 Å². The van der Waals surface area contributed by atoms with Crippen LogP contribution in [-0.4, -0.2) is 62.6 Å². The lowest BCUT2D eigenvalue weighted by Gasteiger charge is -2.37. The summed E-state index contributed by atoms with van der Waals surface area (Å²) in [6.45, 7) is 1.10. The van der Waals surface area contributed by atoms with Crippen molar-refractivity contribution in [1.82, 2.24) is 25.1 Å². The number of carbonyl (C=O) groups is 3. The molecule has 2 bridgehead atoms. The normalized spacial score (nSPS) is 20.1. The second kappa shape index (κ2) is 10.7. The van der Waals surface area contributed by atoms with Crippen molar-refractivity contribution in [2.24, 2.45) is 5.92 Å². The predicted octanol–water partition coefficient (Wildman–Crippen LogP) is 0.940. The molecular formula is C25H30FN5O6. The first kappa shape index (κ1) is 26.3. The first-order valence-corrected chi connectivity index (χ1v) is 12.2. The summed E-state index contributed by atoms with van der Waals surface area (Å²) in [6, 6.07) is 5.59. The fourth-order valence-electron chi connectivity index (χ4n) is 5.11. The number of amides is 2. The van der Waals surface area contributed by atoms with Gasteiger partial charge in [0.15, 0.2) is 5.69 Å². The zero-order chi connectivity index (χ0) is 26.7. The molecule has 3 heterocycles. The molecule has 0 unspecified atom stereocenters. The Bertz CT molecular complexity index is 1250. The number of carboxylic acids is 1. The van der Waals surface area contributed by atoms with Gasteiger partial charge in [0.05, 0.1) is 5.54 Å². The van der Waals surface area contributed by atoms with E-state index in [-0.39, 0.29) is 24.7 Å². The van der Waals surface area contributed by atoms with Crippen LogP contribution in [0.2, 0.25) is 0 Å². The van der Waals surface area contributed by atoms with Gasteiger partial charge in [0.2, 0.25) is 5.75 Å². The number of aromatic hydroxyl groups is 1. The number of carbonyl (C=O) groups excluding carboxylic acids is 2. The molecule has 5 rings (SSSR count). The summed E-state index contributed by atoms with van der Waals surface area (Å²) in [5.41, 5.74) is -1.11. The van der Waals surface area contributed by atoms with Crippen molar-refractivity contribution in [2.45, 2.75) is 50.7 Å². The Morgan fingerprint density at radius 1 is 1.22 bits per heavy atom. The van der Waals surface area contributed by atoms with Gasteiger partial charge in [-0.05, 0) is 62.3 Å². The van der Waals surface area contributed by atoms with E-state index in [0.29, 0.717) is 43.7 Å². The quantitative estimate of drug-likeness (QED) is 0.299. The SMILES string of the molecule is CN(CCCNC12CCC(CC1)Cn1c2nc(C(=O)NCc2ccc(F)cc2)c(O)c1=O)C(=O)C(=O)O. The molecule has 11 nitrogen and oxygen atoms in total. The summed E-state index contributed by atoms with van der Waals surface area (Å²) >= 11 is 0. The Morgan fingerprint density at radius 3 is 2.54 bits per heavy atom. The first-order valence-electron chi connectivity index (χ1n) is 12.2. The van der Waals surface area contributed by atoms with E-state index in [9.17, 15) is 28.7 Å². The fraction of sp³-hybridized carbons (Fsp3) is 0.480. The van der Waals surface area contributed by atoms with Gasteiger partial charge < -0.3 is 25.7 Å². The highest BCUT2D eigenvalue weighted by Crippen LogP contribution is 2.42. The van der Waals surface area contributed by atoms with Crippen LogP contribution >= 0.6 is 0 Å². The Morgan fingerprint density at radius 2 is 1.89 bits per heavy atom. The third kappa shape index (κ3) is 5.48. The second-order valence-corrected chi connectivity index (χ2v) is 9.70. The van der Waals surface area contributed by atoms with E-state index >= 15 is 0 Å². The van der Waals surface area contributed by atoms with E-state index in [4.69, 9.17) is 5.11 Å². The number of halogens is 1. The van der Waals surface area contributed by atoms with Crippen molar-refractivity contribution in [1.29, 1.82) is 0 Å². The number of aliphatic carboxylic acids is 1. The van der Waals surface area contributed by atoms with Crippen LogP contribution in [0.5, 0.6) is 5.75 Å². The van der Waals surface area contributed by atoms with E-state index in [0.717, 1.165) is 17.7 Å². The molecule has 1 aromatic carbocycles. The zero-order valence-corrected chi connectivity index (χ0v) is 20.5.